The molecule has 5 nitrogen and oxygen atoms in total. The van der Waals surface area contributed by atoms with Gasteiger partial charge >= 0.3 is 0 Å². The van der Waals surface area contributed by atoms with Crippen LogP contribution in [0.25, 0.3) is 0 Å². The number of amides is 1. The second-order valence-electron chi connectivity index (χ2n) is 5.25. The van der Waals surface area contributed by atoms with E-state index in [1.165, 1.54) is 0 Å². The normalized spacial score (nSPS) is 20.4. The molecule has 1 atom stereocenters. The van der Waals surface area contributed by atoms with Crippen molar-refractivity contribution in [2.24, 2.45) is 0 Å². The van der Waals surface area contributed by atoms with Gasteiger partial charge in [0, 0.05) is 18.8 Å². The van der Waals surface area contributed by atoms with E-state index in [9.17, 15) is 13.2 Å². The Morgan fingerprint density at radius 2 is 2.29 bits per heavy atom. The fraction of sp³-hybridized carbons (Fsp3) is 0.571. The van der Waals surface area contributed by atoms with Crippen molar-refractivity contribution in [1.82, 2.24) is 9.88 Å². The van der Waals surface area contributed by atoms with Crippen molar-refractivity contribution in [3.8, 4) is 0 Å². The van der Waals surface area contributed by atoms with E-state index < -0.39 is 9.84 Å². The van der Waals surface area contributed by atoms with Crippen LogP contribution in [-0.4, -0.2) is 48.3 Å². The van der Waals surface area contributed by atoms with Gasteiger partial charge in [-0.25, -0.2) is 13.4 Å². The van der Waals surface area contributed by atoms with E-state index in [-0.39, 0.29) is 23.5 Å². The molecule has 0 aliphatic carbocycles. The summed E-state index contributed by atoms with van der Waals surface area (Å²) in [4.78, 5) is 18.5. The number of sulfone groups is 1. The van der Waals surface area contributed by atoms with Gasteiger partial charge in [0.1, 0.15) is 4.60 Å². The number of hydrogen-bond donors (Lipinski definition) is 0. The van der Waals surface area contributed by atoms with E-state index in [1.807, 2.05) is 6.92 Å². The first kappa shape index (κ1) is 16.4. The Labute approximate surface area is 133 Å². The van der Waals surface area contributed by atoms with Gasteiger partial charge in [-0.05, 0) is 40.9 Å². The third-order valence-electron chi connectivity index (χ3n) is 3.65. The molecule has 1 aromatic heterocycles. The van der Waals surface area contributed by atoms with E-state index in [1.54, 1.807) is 23.2 Å². The van der Waals surface area contributed by atoms with Gasteiger partial charge in [-0.2, -0.15) is 0 Å². The minimum absolute atomic E-state index is 0.0698. The number of carbonyl (C=O) groups excluding carboxylic acids is 1. The summed E-state index contributed by atoms with van der Waals surface area (Å²) in [6, 6.07) is 3.20. The van der Waals surface area contributed by atoms with E-state index in [0.29, 0.717) is 23.1 Å². The lowest BCUT2D eigenvalue weighted by Gasteiger charge is -2.28. The van der Waals surface area contributed by atoms with Gasteiger partial charge in [0.2, 0.25) is 0 Å². The quantitative estimate of drug-likeness (QED) is 0.741. The van der Waals surface area contributed by atoms with E-state index in [2.05, 4.69) is 20.9 Å². The molecule has 1 aromatic rings. The number of hydrogen-bond acceptors (Lipinski definition) is 4. The van der Waals surface area contributed by atoms with Crippen LogP contribution in [0.4, 0.5) is 0 Å². The number of rotatable bonds is 5. The summed E-state index contributed by atoms with van der Waals surface area (Å²) < 4.78 is 23.9. The van der Waals surface area contributed by atoms with Crippen molar-refractivity contribution in [1.29, 1.82) is 0 Å². The summed E-state index contributed by atoms with van der Waals surface area (Å²) in [7, 11) is -3.01. The summed E-state index contributed by atoms with van der Waals surface area (Å²) in [6.45, 7) is 2.63. The number of aromatic nitrogens is 1. The van der Waals surface area contributed by atoms with Crippen LogP contribution in [0.5, 0.6) is 0 Å². The largest absolute Gasteiger partial charge is 0.335 e. The molecular weight excluding hydrogens is 356 g/mol. The third kappa shape index (κ3) is 4.03. The molecule has 0 aromatic carbocycles. The lowest BCUT2D eigenvalue weighted by molar-refractivity contribution is 0.0692. The number of nitrogens with zero attached hydrogens (tertiary/aromatic N) is 2. The zero-order valence-corrected chi connectivity index (χ0v) is 14.4. The van der Waals surface area contributed by atoms with Gasteiger partial charge in [-0.15, -0.1) is 0 Å². The molecule has 7 heteroatoms. The molecule has 2 heterocycles. The van der Waals surface area contributed by atoms with Crippen molar-refractivity contribution in [3.63, 3.8) is 0 Å². The molecule has 0 bridgehead atoms. The molecule has 1 amide bonds. The number of carbonyl (C=O) groups is 1. The Hall–Kier alpha value is -0.950. The highest BCUT2D eigenvalue weighted by molar-refractivity contribution is 9.10. The molecule has 1 fully saturated rings. The molecule has 0 saturated carbocycles. The molecule has 1 aliphatic rings. The van der Waals surface area contributed by atoms with Gasteiger partial charge in [0.25, 0.3) is 5.91 Å². The molecule has 21 heavy (non-hydrogen) atoms. The molecule has 2 rings (SSSR count). The fourth-order valence-corrected chi connectivity index (χ4v) is 4.65. The highest BCUT2D eigenvalue weighted by atomic mass is 79.9. The lowest BCUT2D eigenvalue weighted by atomic mass is 10.1. The SMILES string of the molecule is CCCCN(C(=O)c1cccnc1Br)C1CCS(=O)(=O)C1. The predicted octanol–water partition coefficient (Wildman–Crippen LogP) is 2.27. The Kier molecular flexibility index (Phi) is 5.37. The third-order valence-corrected chi connectivity index (χ3v) is 6.03. The highest BCUT2D eigenvalue weighted by Crippen LogP contribution is 2.23. The molecule has 1 unspecified atom stereocenters. The molecule has 0 radical (unpaired) electrons. The molecule has 0 spiro atoms. The second kappa shape index (κ2) is 6.87. The van der Waals surface area contributed by atoms with Crippen LogP contribution in [0.3, 0.4) is 0 Å². The standard InChI is InChI=1S/C14H19BrN2O3S/c1-2-3-8-17(11-6-9-21(19,20)10-11)14(18)12-5-4-7-16-13(12)15/h4-5,7,11H,2-3,6,8-10H2,1H3. The van der Waals surface area contributed by atoms with E-state index >= 15 is 0 Å². The maximum atomic E-state index is 12.7. The van der Waals surface area contributed by atoms with E-state index in [4.69, 9.17) is 0 Å². The molecular formula is C14H19BrN2O3S. The van der Waals surface area contributed by atoms with Gasteiger partial charge in [-0.3, -0.25) is 4.79 Å². The first-order chi connectivity index (χ1) is 9.94. The predicted molar refractivity (Wildman–Crippen MR) is 84.9 cm³/mol. The monoisotopic (exact) mass is 374 g/mol. The Balaban J connectivity index is 2.24. The Bertz CT molecular complexity index is 618. The van der Waals surface area contributed by atoms with Crippen LogP contribution in [0.15, 0.2) is 22.9 Å². The van der Waals surface area contributed by atoms with Crippen LogP contribution in [0, 0.1) is 0 Å². The summed E-state index contributed by atoms with van der Waals surface area (Å²) in [5.41, 5.74) is 0.484. The maximum Gasteiger partial charge on any atom is 0.256 e. The first-order valence-corrected chi connectivity index (χ1v) is 9.68. The van der Waals surface area contributed by atoms with Gasteiger partial charge in [0.15, 0.2) is 9.84 Å². The van der Waals surface area contributed by atoms with Crippen LogP contribution < -0.4 is 0 Å². The van der Waals surface area contributed by atoms with Crippen LogP contribution in [0.2, 0.25) is 0 Å². The average molecular weight is 375 g/mol. The summed E-state index contributed by atoms with van der Waals surface area (Å²) >= 11 is 3.29. The van der Waals surface area contributed by atoms with Crippen molar-refractivity contribution in [3.05, 3.63) is 28.5 Å². The lowest BCUT2D eigenvalue weighted by Crippen LogP contribution is -2.42. The van der Waals surface area contributed by atoms with Crippen LogP contribution in [0.1, 0.15) is 36.5 Å². The van der Waals surface area contributed by atoms with Crippen molar-refractivity contribution in [2.75, 3.05) is 18.1 Å². The zero-order valence-electron chi connectivity index (χ0n) is 12.0. The fourth-order valence-electron chi connectivity index (χ4n) is 2.50. The summed E-state index contributed by atoms with van der Waals surface area (Å²) in [6.07, 6.45) is 3.95. The zero-order chi connectivity index (χ0) is 15.5. The summed E-state index contributed by atoms with van der Waals surface area (Å²) in [5, 5.41) is 0. The highest BCUT2D eigenvalue weighted by Gasteiger charge is 2.35. The molecule has 1 aliphatic heterocycles. The Morgan fingerprint density at radius 1 is 1.52 bits per heavy atom. The van der Waals surface area contributed by atoms with Crippen molar-refractivity contribution in [2.45, 2.75) is 32.2 Å². The van der Waals surface area contributed by atoms with Crippen LogP contribution >= 0.6 is 15.9 Å². The van der Waals surface area contributed by atoms with Gasteiger partial charge < -0.3 is 4.90 Å². The minimum Gasteiger partial charge on any atom is -0.335 e. The number of unbranched alkanes of at least 4 members (excludes halogenated alkanes) is 1. The van der Waals surface area contributed by atoms with Gasteiger partial charge in [-0.1, -0.05) is 13.3 Å². The van der Waals surface area contributed by atoms with Crippen LogP contribution in [-0.2, 0) is 9.84 Å². The summed E-state index contributed by atoms with van der Waals surface area (Å²) in [5.74, 6) is 0.0905. The molecule has 116 valence electrons. The first-order valence-electron chi connectivity index (χ1n) is 7.06. The minimum atomic E-state index is -3.01. The average Bonchev–Trinajstić information content (AvgIpc) is 2.79. The second-order valence-corrected chi connectivity index (χ2v) is 8.23. The number of halogens is 1. The van der Waals surface area contributed by atoms with Gasteiger partial charge in [0.05, 0.1) is 17.1 Å². The maximum absolute atomic E-state index is 12.7. The molecule has 1 saturated heterocycles. The van der Waals surface area contributed by atoms with Crippen molar-refractivity contribution < 1.29 is 13.2 Å². The van der Waals surface area contributed by atoms with Crippen molar-refractivity contribution >= 4 is 31.7 Å². The smallest absolute Gasteiger partial charge is 0.256 e. The Morgan fingerprint density at radius 3 is 2.86 bits per heavy atom. The topological polar surface area (TPSA) is 67.3 Å². The van der Waals surface area contributed by atoms with E-state index in [0.717, 1.165) is 12.8 Å². The number of pyridine rings is 1. The molecule has 0 N–H and O–H groups in total.